The van der Waals surface area contributed by atoms with E-state index >= 15 is 0 Å². The van der Waals surface area contributed by atoms with Crippen LogP contribution in [0.15, 0.2) is 185 Å². The van der Waals surface area contributed by atoms with Gasteiger partial charge in [-0.15, -0.1) is 0 Å². The Labute approximate surface area is 455 Å². The summed E-state index contributed by atoms with van der Waals surface area (Å²) in [5, 5.41) is 4.81. The first-order valence-corrected chi connectivity index (χ1v) is 28.1. The van der Waals surface area contributed by atoms with Gasteiger partial charge in [0.25, 0.3) is 0 Å². The lowest BCUT2D eigenvalue weighted by molar-refractivity contribution is 0.600. The smallest absolute Gasteiger partial charge is 0.144 e. The van der Waals surface area contributed by atoms with Crippen LogP contribution in [0.2, 0.25) is 0 Å². The van der Waals surface area contributed by atoms with Crippen molar-refractivity contribution in [3.8, 4) is 55.6 Å². The van der Waals surface area contributed by atoms with Crippen LogP contribution in [-0.4, -0.2) is 0 Å². The first-order chi connectivity index (χ1) is 37.5. The van der Waals surface area contributed by atoms with E-state index in [1.54, 1.807) is 0 Å². The molecule has 5 aliphatic rings. The van der Waals surface area contributed by atoms with Gasteiger partial charge in [0.05, 0.1) is 5.69 Å². The Kier molecular flexibility index (Phi) is 8.14. The van der Waals surface area contributed by atoms with E-state index < -0.39 is 0 Å². The van der Waals surface area contributed by atoms with Crippen molar-refractivity contribution in [3.05, 3.63) is 232 Å². The van der Waals surface area contributed by atoms with Crippen molar-refractivity contribution in [3.63, 3.8) is 0 Å². The van der Waals surface area contributed by atoms with Crippen LogP contribution in [0, 0.1) is 0 Å². The number of benzene rings is 10. The monoisotopic (exact) mass is 1010 g/mol. The Bertz CT molecular complexity index is 4770. The van der Waals surface area contributed by atoms with Gasteiger partial charge in [-0.25, -0.2) is 0 Å². The largest absolute Gasteiger partial charge is 0.456 e. The third-order valence-electron chi connectivity index (χ3n) is 20.2. The van der Waals surface area contributed by atoms with E-state index in [-0.39, 0.29) is 27.1 Å². The first-order valence-electron chi connectivity index (χ1n) is 28.1. The molecular formula is C75H59NO2. The quantitative estimate of drug-likeness (QED) is 0.177. The Morgan fingerprint density at radius 3 is 1.51 bits per heavy atom. The number of hydrogen-bond acceptors (Lipinski definition) is 3. The minimum absolute atomic E-state index is 0.166. The summed E-state index contributed by atoms with van der Waals surface area (Å²) in [6, 6.07) is 66.7. The summed E-state index contributed by atoms with van der Waals surface area (Å²) < 4.78 is 13.7. The number of rotatable bonds is 3. The third kappa shape index (κ3) is 5.18. The van der Waals surface area contributed by atoms with Crippen LogP contribution in [0.25, 0.3) is 99.5 Å². The van der Waals surface area contributed by atoms with Crippen LogP contribution < -0.4 is 4.90 Å². The summed E-state index contributed by atoms with van der Waals surface area (Å²) in [6.07, 6.45) is 0. The lowest BCUT2D eigenvalue weighted by Gasteiger charge is -2.32. The molecule has 0 amide bonds. The number of anilines is 3. The van der Waals surface area contributed by atoms with Gasteiger partial charge in [0.1, 0.15) is 22.3 Å². The molecule has 3 heteroatoms. The van der Waals surface area contributed by atoms with Gasteiger partial charge in [-0.3, -0.25) is 0 Å². The van der Waals surface area contributed by atoms with Crippen molar-refractivity contribution in [2.24, 2.45) is 0 Å². The molecule has 0 spiro atoms. The van der Waals surface area contributed by atoms with Crippen molar-refractivity contribution in [1.82, 2.24) is 0 Å². The summed E-state index contributed by atoms with van der Waals surface area (Å²) in [5.74, 6) is 0. The molecule has 78 heavy (non-hydrogen) atoms. The second-order valence-corrected chi connectivity index (χ2v) is 25.9. The van der Waals surface area contributed by atoms with Gasteiger partial charge in [0.2, 0.25) is 0 Å². The molecule has 0 bridgehead atoms. The minimum Gasteiger partial charge on any atom is -0.456 e. The molecular weight excluding hydrogens is 947 g/mol. The molecule has 17 rings (SSSR count). The predicted molar refractivity (Wildman–Crippen MR) is 324 cm³/mol. The summed E-state index contributed by atoms with van der Waals surface area (Å²) in [7, 11) is 0. The maximum atomic E-state index is 7.13. The number of hydrogen-bond donors (Lipinski definition) is 0. The molecule has 0 atom stereocenters. The van der Waals surface area contributed by atoms with Crippen LogP contribution in [0.3, 0.4) is 0 Å². The van der Waals surface area contributed by atoms with Gasteiger partial charge in [-0.2, -0.15) is 0 Å². The Morgan fingerprint density at radius 2 is 0.782 bits per heavy atom. The van der Waals surface area contributed by atoms with Gasteiger partial charge in [0.15, 0.2) is 0 Å². The summed E-state index contributed by atoms with van der Waals surface area (Å²) in [4.78, 5) is 2.59. The molecule has 0 aliphatic heterocycles. The fourth-order valence-corrected chi connectivity index (χ4v) is 16.4. The summed E-state index contributed by atoms with van der Waals surface area (Å²) in [6.45, 7) is 24.3. The molecule has 0 fully saturated rings. The number of furan rings is 2. The Hall–Kier alpha value is -8.40. The molecule has 3 nitrogen and oxygen atoms in total. The normalized spacial score (nSPS) is 17.1. The number of fused-ring (bicyclic) bond motifs is 25. The molecule has 12 aromatic rings. The zero-order valence-corrected chi connectivity index (χ0v) is 46.0. The van der Waals surface area contributed by atoms with Crippen LogP contribution >= 0.6 is 0 Å². The molecule has 0 saturated heterocycles. The lowest BCUT2D eigenvalue weighted by Crippen LogP contribution is -2.24. The maximum Gasteiger partial charge on any atom is 0.144 e. The van der Waals surface area contributed by atoms with Gasteiger partial charge >= 0.3 is 0 Å². The molecule has 2 aromatic heterocycles. The van der Waals surface area contributed by atoms with Crippen molar-refractivity contribution < 1.29 is 8.83 Å². The summed E-state index contributed by atoms with van der Waals surface area (Å²) in [5.41, 5.74) is 32.8. The van der Waals surface area contributed by atoms with E-state index in [9.17, 15) is 0 Å². The van der Waals surface area contributed by atoms with Crippen LogP contribution in [-0.2, 0) is 27.1 Å². The standard InChI is InChI=1S/C75H59NO2/c1-71(2)50-24-15-11-20-43(50)62-52(71)26-19-27-58(62)76(40-30-32-42-48-38-57-49(39-56(48)73(5,6)54(42)36-40)63-53(72(57,3)4)34-35-61-64(63)46-22-13-17-28-59(46)77-61)41-31-33-45-55(37-41)75(9,10)69-67(45)70-66(47-23-14-18-29-60(47)78-70)65-44-21-12-16-25-51(44)74(7,8)68(65)69/h11-39H,1-10H3. The van der Waals surface area contributed by atoms with E-state index in [1.165, 1.54) is 139 Å². The highest BCUT2D eigenvalue weighted by Crippen LogP contribution is 2.65. The van der Waals surface area contributed by atoms with Gasteiger partial charge in [0, 0.05) is 71.1 Å². The maximum absolute atomic E-state index is 7.13. The van der Waals surface area contributed by atoms with E-state index in [0.717, 1.165) is 33.7 Å². The molecule has 376 valence electrons. The SMILES string of the molecule is CC1(C)c2cc(N(c3ccc4c(c3)C(C)(C)c3c5c(c6c(oc7ccccc76)c3-4)-c3ccccc3C5(C)C)c3cccc4c3-c3ccccc3C4(C)C)ccc2-c2cc3c(cc21)-c1c(ccc2oc4ccccc4c12)C3(C)C. The van der Waals surface area contributed by atoms with Crippen LogP contribution in [0.5, 0.6) is 0 Å². The van der Waals surface area contributed by atoms with Crippen molar-refractivity contribution >= 4 is 60.9 Å². The molecule has 0 saturated carbocycles. The topological polar surface area (TPSA) is 29.5 Å². The van der Waals surface area contributed by atoms with E-state index in [2.05, 4.69) is 250 Å². The second-order valence-electron chi connectivity index (χ2n) is 25.9. The van der Waals surface area contributed by atoms with Crippen LogP contribution in [0.4, 0.5) is 17.1 Å². The first kappa shape index (κ1) is 44.7. The zero-order valence-electron chi connectivity index (χ0n) is 46.0. The number of para-hydroxylation sites is 2. The fraction of sp³-hybridized carbons (Fsp3) is 0.200. The van der Waals surface area contributed by atoms with Crippen LogP contribution in [0.1, 0.15) is 125 Å². The van der Waals surface area contributed by atoms with Crippen molar-refractivity contribution in [2.45, 2.75) is 96.3 Å². The molecule has 0 unspecified atom stereocenters. The average Bonchev–Trinajstić information content (AvgIpc) is 4.15. The number of nitrogens with zero attached hydrogens (tertiary/aromatic N) is 1. The van der Waals surface area contributed by atoms with Crippen molar-refractivity contribution in [1.29, 1.82) is 0 Å². The van der Waals surface area contributed by atoms with Gasteiger partial charge in [-0.05, 0) is 161 Å². The second kappa shape index (κ2) is 14.2. The van der Waals surface area contributed by atoms with Gasteiger partial charge < -0.3 is 13.7 Å². The Morgan fingerprint density at radius 1 is 0.295 bits per heavy atom. The Balaban J connectivity index is 0.888. The fourth-order valence-electron chi connectivity index (χ4n) is 16.4. The van der Waals surface area contributed by atoms with Crippen molar-refractivity contribution in [2.75, 3.05) is 4.90 Å². The highest BCUT2D eigenvalue weighted by Gasteiger charge is 2.50. The molecule has 10 aromatic carbocycles. The molecule has 0 radical (unpaired) electrons. The van der Waals surface area contributed by atoms with E-state index in [1.807, 2.05) is 0 Å². The molecule has 0 N–H and O–H groups in total. The van der Waals surface area contributed by atoms with Gasteiger partial charge in [-0.1, -0.05) is 184 Å². The molecule has 5 aliphatic carbocycles. The lowest BCUT2D eigenvalue weighted by atomic mass is 9.72. The third-order valence-corrected chi connectivity index (χ3v) is 20.2. The average molecular weight is 1010 g/mol. The zero-order chi connectivity index (χ0) is 52.9. The molecule has 2 heterocycles. The van der Waals surface area contributed by atoms with E-state index in [4.69, 9.17) is 8.83 Å². The highest BCUT2D eigenvalue weighted by molar-refractivity contribution is 6.21. The minimum atomic E-state index is -0.362. The predicted octanol–water partition coefficient (Wildman–Crippen LogP) is 20.5. The van der Waals surface area contributed by atoms with E-state index in [0.29, 0.717) is 0 Å². The highest BCUT2D eigenvalue weighted by atomic mass is 16.3. The summed E-state index contributed by atoms with van der Waals surface area (Å²) >= 11 is 0.